The van der Waals surface area contributed by atoms with E-state index in [2.05, 4.69) is 10.6 Å². The maximum absolute atomic E-state index is 13.5. The number of carbonyl (C=O) groups is 2. The summed E-state index contributed by atoms with van der Waals surface area (Å²) < 4.78 is 23.2. The van der Waals surface area contributed by atoms with Gasteiger partial charge in [0.2, 0.25) is 0 Å². The van der Waals surface area contributed by atoms with Gasteiger partial charge in [-0.25, -0.2) is 9.59 Å². The van der Waals surface area contributed by atoms with E-state index >= 15 is 0 Å². The zero-order valence-corrected chi connectivity index (χ0v) is 29.6. The molecule has 14 heteroatoms. The van der Waals surface area contributed by atoms with Crippen LogP contribution in [0.25, 0.3) is 0 Å². The van der Waals surface area contributed by atoms with Gasteiger partial charge in [0.25, 0.3) is 0 Å². The average molecular weight is 747 g/mol. The molecule has 4 aliphatic heterocycles. The molecule has 262 valence electrons. The first-order chi connectivity index (χ1) is 22.9. The molecule has 2 aromatic rings. The number of rotatable bonds is 11. The average Bonchev–Trinajstić information content (AvgIpc) is 3.59. The molecule has 4 N–H and O–H groups in total. The summed E-state index contributed by atoms with van der Waals surface area (Å²) >= 11 is 25.1. The van der Waals surface area contributed by atoms with Gasteiger partial charge in [-0.3, -0.25) is 10.6 Å². The highest BCUT2D eigenvalue weighted by Gasteiger charge is 2.58. The molecular formula is C34H40Cl4N2O8. The highest BCUT2D eigenvalue weighted by Crippen LogP contribution is 2.51. The van der Waals surface area contributed by atoms with Gasteiger partial charge in [0.05, 0.1) is 33.3 Å². The Morgan fingerprint density at radius 1 is 0.729 bits per heavy atom. The second kappa shape index (κ2) is 14.5. The molecule has 48 heavy (non-hydrogen) atoms. The summed E-state index contributed by atoms with van der Waals surface area (Å²) in [6, 6.07) is 10.9. The molecule has 0 aliphatic carbocycles. The quantitative estimate of drug-likeness (QED) is 0.227. The molecule has 2 aromatic carbocycles. The van der Waals surface area contributed by atoms with Crippen LogP contribution in [0.15, 0.2) is 36.4 Å². The van der Waals surface area contributed by atoms with E-state index in [9.17, 15) is 19.8 Å². The van der Waals surface area contributed by atoms with Crippen molar-refractivity contribution in [2.45, 2.75) is 86.1 Å². The van der Waals surface area contributed by atoms with E-state index in [1.165, 1.54) is 0 Å². The van der Waals surface area contributed by atoms with Crippen LogP contribution in [-0.2, 0) is 28.5 Å². The standard InChI is InChI=1S/C34H40Cl4N2O8/c1-45-15-23-21(17-3-5-25(35)27(37)11-17)13-19-7-9-33(23,39-19)47-31(43)29(41)30(42)32(44)48-34-10-8-20(40-34)14-22(24(34)16-46-2)18-4-6-26(36)28(38)12-18/h3-6,11-12,19-24,29-30,39-42H,7-10,13-16H2,1-2H3. The Labute approximate surface area is 299 Å². The minimum absolute atomic E-state index is 0.0189. The van der Waals surface area contributed by atoms with Gasteiger partial charge in [-0.05, 0) is 72.9 Å². The fraction of sp³-hybridized carbons (Fsp3) is 0.588. The second-order valence-corrected chi connectivity index (χ2v) is 15.1. The van der Waals surface area contributed by atoms with E-state index in [-0.39, 0.29) is 49.0 Å². The number of piperidine rings is 2. The van der Waals surface area contributed by atoms with E-state index in [1.54, 1.807) is 38.5 Å². The van der Waals surface area contributed by atoms with Gasteiger partial charge in [0, 0.05) is 51.0 Å². The molecule has 0 saturated carbocycles. The lowest BCUT2D eigenvalue weighted by molar-refractivity contribution is -0.205. The van der Waals surface area contributed by atoms with Gasteiger partial charge < -0.3 is 29.2 Å². The normalized spacial score (nSPS) is 33.7. The summed E-state index contributed by atoms with van der Waals surface area (Å²) in [6.07, 6.45) is -0.604. The molecule has 4 saturated heterocycles. The molecule has 0 spiro atoms. The van der Waals surface area contributed by atoms with Crippen molar-refractivity contribution in [3.63, 3.8) is 0 Å². The summed E-state index contributed by atoms with van der Waals surface area (Å²) in [7, 11) is 3.12. The number of aliphatic hydroxyl groups excluding tert-OH is 2. The van der Waals surface area contributed by atoms with Crippen molar-refractivity contribution in [1.82, 2.24) is 10.6 Å². The first-order valence-corrected chi connectivity index (χ1v) is 17.7. The predicted octanol–water partition coefficient (Wildman–Crippen LogP) is 5.21. The van der Waals surface area contributed by atoms with Gasteiger partial charge in [-0.2, -0.15) is 0 Å². The van der Waals surface area contributed by atoms with Crippen LogP contribution in [-0.4, -0.2) is 85.3 Å². The van der Waals surface area contributed by atoms with Crippen LogP contribution in [0.2, 0.25) is 20.1 Å². The minimum Gasteiger partial charge on any atom is -0.441 e. The lowest BCUT2D eigenvalue weighted by Crippen LogP contribution is -2.62. The van der Waals surface area contributed by atoms with E-state index in [0.29, 0.717) is 45.8 Å². The molecule has 4 aliphatic rings. The Bertz CT molecular complexity index is 1420. The maximum Gasteiger partial charge on any atom is 0.340 e. The van der Waals surface area contributed by atoms with Crippen LogP contribution in [0.3, 0.4) is 0 Å². The Morgan fingerprint density at radius 2 is 1.12 bits per heavy atom. The van der Waals surface area contributed by atoms with Crippen LogP contribution >= 0.6 is 46.4 Å². The number of benzene rings is 2. The molecule has 10 nitrogen and oxygen atoms in total. The second-order valence-electron chi connectivity index (χ2n) is 13.4. The Kier molecular flexibility index (Phi) is 10.9. The largest absolute Gasteiger partial charge is 0.441 e. The number of nitrogens with one attached hydrogen (secondary N) is 2. The fourth-order valence-electron chi connectivity index (χ4n) is 8.42. The Balaban J connectivity index is 1.19. The van der Waals surface area contributed by atoms with Gasteiger partial charge in [0.15, 0.2) is 23.7 Å². The predicted molar refractivity (Wildman–Crippen MR) is 180 cm³/mol. The number of fused-ring (bicyclic) bond motifs is 4. The number of hydrogen-bond acceptors (Lipinski definition) is 10. The molecule has 4 fully saturated rings. The molecular weight excluding hydrogens is 706 g/mol. The molecule has 10 atom stereocenters. The number of esters is 2. The Hall–Kier alpha value is -1.70. The lowest BCUT2D eigenvalue weighted by Gasteiger charge is -2.46. The van der Waals surface area contributed by atoms with Crippen molar-refractivity contribution < 1.29 is 38.7 Å². The maximum atomic E-state index is 13.5. The Morgan fingerprint density at radius 3 is 1.48 bits per heavy atom. The summed E-state index contributed by atoms with van der Waals surface area (Å²) in [5.41, 5.74) is -0.584. The third-order valence-corrected chi connectivity index (χ3v) is 12.1. The molecule has 0 radical (unpaired) electrons. The van der Waals surface area contributed by atoms with Crippen molar-refractivity contribution in [3.8, 4) is 0 Å². The lowest BCUT2D eigenvalue weighted by atomic mass is 9.75. The van der Waals surface area contributed by atoms with Crippen LogP contribution in [0.5, 0.6) is 0 Å². The number of ether oxygens (including phenoxy) is 4. The van der Waals surface area contributed by atoms with Crippen LogP contribution in [0, 0.1) is 11.8 Å². The number of aliphatic hydroxyl groups is 2. The van der Waals surface area contributed by atoms with Crippen LogP contribution in [0.1, 0.15) is 61.5 Å². The summed E-state index contributed by atoms with van der Waals surface area (Å²) in [6.45, 7) is 0.462. The smallest absolute Gasteiger partial charge is 0.340 e. The van der Waals surface area contributed by atoms with Gasteiger partial charge in [-0.1, -0.05) is 58.5 Å². The fourth-order valence-corrected chi connectivity index (χ4v) is 9.03. The zero-order chi connectivity index (χ0) is 34.4. The van der Waals surface area contributed by atoms with Gasteiger partial charge in [-0.15, -0.1) is 0 Å². The highest BCUT2D eigenvalue weighted by molar-refractivity contribution is 6.42. The number of halogens is 4. The molecule has 0 aromatic heterocycles. The summed E-state index contributed by atoms with van der Waals surface area (Å²) in [4.78, 5) is 27.1. The minimum atomic E-state index is -2.20. The molecule has 6 rings (SSSR count). The topological polar surface area (TPSA) is 136 Å². The number of methoxy groups -OCH3 is 2. The SMILES string of the molecule is COCC1C(c2ccc(Cl)c(Cl)c2)CC2CCC1(OC(=O)C(O)C(O)C(=O)OC13CCC(CC(c4ccc(Cl)c(Cl)c4)C1COC)N3)N2. The van der Waals surface area contributed by atoms with Gasteiger partial charge >= 0.3 is 11.9 Å². The third-order valence-electron chi connectivity index (χ3n) is 10.7. The summed E-state index contributed by atoms with van der Waals surface area (Å²) in [5, 5.41) is 30.6. The first-order valence-electron chi connectivity index (χ1n) is 16.1. The number of carbonyl (C=O) groups excluding carboxylic acids is 2. The zero-order valence-electron chi connectivity index (χ0n) is 26.6. The molecule has 4 heterocycles. The van der Waals surface area contributed by atoms with Crippen molar-refractivity contribution in [1.29, 1.82) is 0 Å². The molecule has 0 amide bonds. The van der Waals surface area contributed by atoms with E-state index in [4.69, 9.17) is 65.4 Å². The highest BCUT2D eigenvalue weighted by atomic mass is 35.5. The third kappa shape index (κ3) is 6.83. The number of hydrogen-bond donors (Lipinski definition) is 4. The monoisotopic (exact) mass is 744 g/mol. The molecule has 4 bridgehead atoms. The van der Waals surface area contributed by atoms with Crippen molar-refractivity contribution in [2.24, 2.45) is 11.8 Å². The van der Waals surface area contributed by atoms with E-state index < -0.39 is 35.6 Å². The summed E-state index contributed by atoms with van der Waals surface area (Å²) in [5.74, 6) is -3.25. The van der Waals surface area contributed by atoms with Crippen molar-refractivity contribution in [3.05, 3.63) is 67.6 Å². The van der Waals surface area contributed by atoms with Crippen LogP contribution in [0.4, 0.5) is 0 Å². The van der Waals surface area contributed by atoms with Crippen molar-refractivity contribution >= 4 is 58.3 Å². The first kappa shape index (κ1) is 36.1. The van der Waals surface area contributed by atoms with Crippen LogP contribution < -0.4 is 10.6 Å². The van der Waals surface area contributed by atoms with E-state index in [0.717, 1.165) is 24.0 Å². The van der Waals surface area contributed by atoms with Gasteiger partial charge in [0.1, 0.15) is 0 Å². The van der Waals surface area contributed by atoms with E-state index in [1.807, 2.05) is 12.1 Å². The molecule has 10 unspecified atom stereocenters. The van der Waals surface area contributed by atoms with Crippen molar-refractivity contribution in [2.75, 3.05) is 27.4 Å².